The van der Waals surface area contributed by atoms with E-state index in [0.29, 0.717) is 12.4 Å². The molecule has 88 valence electrons. The van der Waals surface area contributed by atoms with E-state index in [-0.39, 0.29) is 11.7 Å². The molecule has 0 fully saturated rings. The first-order valence-corrected chi connectivity index (χ1v) is 5.13. The van der Waals surface area contributed by atoms with Crippen LogP contribution in [0.3, 0.4) is 0 Å². The van der Waals surface area contributed by atoms with Crippen molar-refractivity contribution in [2.75, 3.05) is 12.4 Å². The van der Waals surface area contributed by atoms with E-state index in [9.17, 15) is 4.79 Å². The average molecular weight is 232 g/mol. The van der Waals surface area contributed by atoms with Crippen LogP contribution in [0.15, 0.2) is 34.9 Å². The van der Waals surface area contributed by atoms with E-state index in [1.807, 2.05) is 30.3 Å². The predicted octanol–water partition coefficient (Wildman–Crippen LogP) is 1.04. The third-order valence-electron chi connectivity index (χ3n) is 2.12. The molecule has 0 aliphatic rings. The molecule has 1 aromatic heterocycles. The lowest BCUT2D eigenvalue weighted by Crippen LogP contribution is -2.19. The van der Waals surface area contributed by atoms with Gasteiger partial charge in [0.1, 0.15) is 0 Å². The van der Waals surface area contributed by atoms with E-state index in [1.165, 1.54) is 7.05 Å². The first kappa shape index (κ1) is 11.1. The highest BCUT2D eigenvalue weighted by Crippen LogP contribution is 2.07. The van der Waals surface area contributed by atoms with Gasteiger partial charge in [0, 0.05) is 12.7 Å². The molecule has 0 atom stereocenters. The standard InChI is InChI=1S/C11H12N4O2/c1-12-11(16)10-14-9(17-15-10)7-13-8-5-3-2-4-6-8/h2-6,13H,7H2,1H3,(H,12,16). The molecule has 2 rings (SSSR count). The van der Waals surface area contributed by atoms with Gasteiger partial charge in [-0.2, -0.15) is 4.98 Å². The molecule has 0 aliphatic heterocycles. The maximum atomic E-state index is 11.2. The summed E-state index contributed by atoms with van der Waals surface area (Å²) >= 11 is 0. The minimum atomic E-state index is -0.361. The molecule has 0 bridgehead atoms. The summed E-state index contributed by atoms with van der Waals surface area (Å²) in [5.41, 5.74) is 0.951. The number of para-hydroxylation sites is 1. The Labute approximate surface area is 98.0 Å². The third-order valence-corrected chi connectivity index (χ3v) is 2.12. The van der Waals surface area contributed by atoms with Crippen molar-refractivity contribution in [3.05, 3.63) is 42.0 Å². The highest BCUT2D eigenvalue weighted by atomic mass is 16.5. The van der Waals surface area contributed by atoms with Crippen LogP contribution in [0, 0.1) is 0 Å². The largest absolute Gasteiger partial charge is 0.376 e. The number of anilines is 1. The van der Waals surface area contributed by atoms with Crippen LogP contribution in [0.5, 0.6) is 0 Å². The number of aromatic nitrogens is 2. The molecule has 1 heterocycles. The van der Waals surface area contributed by atoms with Crippen molar-refractivity contribution >= 4 is 11.6 Å². The van der Waals surface area contributed by atoms with Crippen LogP contribution in [-0.4, -0.2) is 23.1 Å². The zero-order chi connectivity index (χ0) is 12.1. The molecule has 0 spiro atoms. The van der Waals surface area contributed by atoms with Gasteiger partial charge in [-0.3, -0.25) is 4.79 Å². The number of benzene rings is 1. The number of rotatable bonds is 4. The fourth-order valence-corrected chi connectivity index (χ4v) is 1.26. The van der Waals surface area contributed by atoms with E-state index in [0.717, 1.165) is 5.69 Å². The van der Waals surface area contributed by atoms with E-state index in [2.05, 4.69) is 20.8 Å². The molecule has 1 aromatic carbocycles. The molecule has 1 amide bonds. The summed E-state index contributed by atoms with van der Waals surface area (Å²) in [5.74, 6) is 0.0459. The first-order chi connectivity index (χ1) is 8.29. The van der Waals surface area contributed by atoms with Crippen molar-refractivity contribution < 1.29 is 9.32 Å². The number of hydrogen-bond donors (Lipinski definition) is 2. The third kappa shape index (κ3) is 2.81. The molecule has 0 unspecified atom stereocenters. The Morgan fingerprint density at radius 1 is 1.35 bits per heavy atom. The van der Waals surface area contributed by atoms with E-state index in [4.69, 9.17) is 4.52 Å². The molecular formula is C11H12N4O2. The van der Waals surface area contributed by atoms with Crippen molar-refractivity contribution in [2.45, 2.75) is 6.54 Å². The predicted molar refractivity (Wildman–Crippen MR) is 61.5 cm³/mol. The summed E-state index contributed by atoms with van der Waals surface area (Å²) in [4.78, 5) is 15.1. The summed E-state index contributed by atoms with van der Waals surface area (Å²) in [6.07, 6.45) is 0. The van der Waals surface area contributed by atoms with Gasteiger partial charge in [0.05, 0.1) is 6.54 Å². The second kappa shape index (κ2) is 5.11. The van der Waals surface area contributed by atoms with Crippen LogP contribution < -0.4 is 10.6 Å². The summed E-state index contributed by atoms with van der Waals surface area (Å²) in [5, 5.41) is 9.09. The molecule has 6 heteroatoms. The molecule has 2 aromatic rings. The van der Waals surface area contributed by atoms with Crippen molar-refractivity contribution in [1.29, 1.82) is 0 Å². The Morgan fingerprint density at radius 2 is 2.12 bits per heavy atom. The van der Waals surface area contributed by atoms with Gasteiger partial charge in [-0.1, -0.05) is 23.4 Å². The van der Waals surface area contributed by atoms with Gasteiger partial charge in [0.15, 0.2) is 0 Å². The van der Waals surface area contributed by atoms with Gasteiger partial charge < -0.3 is 15.2 Å². The van der Waals surface area contributed by atoms with E-state index >= 15 is 0 Å². The SMILES string of the molecule is CNC(=O)c1noc(CNc2ccccc2)n1. The molecule has 0 saturated carbocycles. The molecule has 2 N–H and O–H groups in total. The molecule has 6 nitrogen and oxygen atoms in total. The van der Waals surface area contributed by atoms with Crippen LogP contribution in [-0.2, 0) is 6.54 Å². The van der Waals surface area contributed by atoms with Crippen LogP contribution >= 0.6 is 0 Å². The normalized spacial score (nSPS) is 9.94. The van der Waals surface area contributed by atoms with Crippen molar-refractivity contribution in [2.24, 2.45) is 0 Å². The summed E-state index contributed by atoms with van der Waals surface area (Å²) in [7, 11) is 1.51. The minimum Gasteiger partial charge on any atom is -0.376 e. The highest BCUT2D eigenvalue weighted by molar-refractivity contribution is 5.89. The monoisotopic (exact) mass is 232 g/mol. The Bertz CT molecular complexity index is 495. The Balaban J connectivity index is 1.96. The van der Waals surface area contributed by atoms with Gasteiger partial charge in [-0.25, -0.2) is 0 Å². The maximum absolute atomic E-state index is 11.2. The Kier molecular flexibility index (Phi) is 3.34. The average Bonchev–Trinajstić information content (AvgIpc) is 2.85. The van der Waals surface area contributed by atoms with E-state index < -0.39 is 0 Å². The van der Waals surface area contributed by atoms with Gasteiger partial charge in [-0.15, -0.1) is 0 Å². The summed E-state index contributed by atoms with van der Waals surface area (Å²) < 4.78 is 4.92. The van der Waals surface area contributed by atoms with Crippen LogP contribution in [0.25, 0.3) is 0 Å². The second-order valence-corrected chi connectivity index (χ2v) is 3.31. The quantitative estimate of drug-likeness (QED) is 0.823. The summed E-state index contributed by atoms with van der Waals surface area (Å²) in [6, 6.07) is 9.63. The lowest BCUT2D eigenvalue weighted by atomic mass is 10.3. The molecular weight excluding hydrogens is 220 g/mol. The number of nitrogens with one attached hydrogen (secondary N) is 2. The lowest BCUT2D eigenvalue weighted by Gasteiger charge is -2.01. The van der Waals surface area contributed by atoms with Crippen LogP contribution in [0.4, 0.5) is 5.69 Å². The van der Waals surface area contributed by atoms with Crippen LogP contribution in [0.1, 0.15) is 16.5 Å². The molecule has 0 saturated heterocycles. The zero-order valence-electron chi connectivity index (χ0n) is 9.30. The van der Waals surface area contributed by atoms with E-state index in [1.54, 1.807) is 0 Å². The van der Waals surface area contributed by atoms with Crippen LogP contribution in [0.2, 0.25) is 0 Å². The number of nitrogens with zero attached hydrogens (tertiary/aromatic N) is 2. The minimum absolute atomic E-state index is 0.0392. The summed E-state index contributed by atoms with van der Waals surface area (Å²) in [6.45, 7) is 0.383. The smallest absolute Gasteiger partial charge is 0.292 e. The van der Waals surface area contributed by atoms with Gasteiger partial charge >= 0.3 is 0 Å². The topological polar surface area (TPSA) is 80.0 Å². The zero-order valence-corrected chi connectivity index (χ0v) is 9.30. The number of carbonyl (C=O) groups is 1. The number of hydrogen-bond acceptors (Lipinski definition) is 5. The maximum Gasteiger partial charge on any atom is 0.292 e. The van der Waals surface area contributed by atoms with Gasteiger partial charge in [-0.05, 0) is 12.1 Å². The van der Waals surface area contributed by atoms with Crippen molar-refractivity contribution in [3.8, 4) is 0 Å². The fourth-order valence-electron chi connectivity index (χ4n) is 1.26. The van der Waals surface area contributed by atoms with Gasteiger partial charge in [0.25, 0.3) is 11.7 Å². The number of amides is 1. The van der Waals surface area contributed by atoms with Crippen molar-refractivity contribution in [3.63, 3.8) is 0 Å². The second-order valence-electron chi connectivity index (χ2n) is 3.31. The Hall–Kier alpha value is -2.37. The Morgan fingerprint density at radius 3 is 2.82 bits per heavy atom. The highest BCUT2D eigenvalue weighted by Gasteiger charge is 2.12. The van der Waals surface area contributed by atoms with Crippen molar-refractivity contribution in [1.82, 2.24) is 15.5 Å². The molecule has 17 heavy (non-hydrogen) atoms. The molecule has 0 aliphatic carbocycles. The number of carbonyl (C=O) groups excluding carboxylic acids is 1. The first-order valence-electron chi connectivity index (χ1n) is 5.13. The van der Waals surface area contributed by atoms with Gasteiger partial charge in [0.2, 0.25) is 5.89 Å². The lowest BCUT2D eigenvalue weighted by molar-refractivity contribution is 0.0950. The fraction of sp³-hybridized carbons (Fsp3) is 0.182. The molecule has 0 radical (unpaired) electrons.